The van der Waals surface area contributed by atoms with E-state index in [2.05, 4.69) is 25.8 Å². The van der Waals surface area contributed by atoms with Crippen molar-refractivity contribution in [3.8, 4) is 5.75 Å². The fraction of sp³-hybridized carbons (Fsp3) is 0.318. The number of hydrogen-bond donors (Lipinski definition) is 0. The second kappa shape index (κ2) is 9.55. The zero-order valence-corrected chi connectivity index (χ0v) is 18.3. The summed E-state index contributed by atoms with van der Waals surface area (Å²) in [6.07, 6.45) is 0. The van der Waals surface area contributed by atoms with Crippen LogP contribution in [-0.2, 0) is 13.2 Å². The average molecular weight is 443 g/mol. The molecule has 1 aliphatic rings. The predicted molar refractivity (Wildman–Crippen MR) is 118 cm³/mol. The lowest BCUT2D eigenvalue weighted by atomic mass is 10.1. The average Bonchev–Trinajstić information content (AvgIpc) is 3.19. The highest BCUT2D eigenvalue weighted by Gasteiger charge is 2.22. The minimum atomic E-state index is 0.0623. The number of hydrogen-bond acceptors (Lipinski definition) is 6. The lowest BCUT2D eigenvalue weighted by Crippen LogP contribution is -2.48. The SMILES string of the molecule is Cc1nsnc1COc1ccc(C(=O)N2CCN(Cc3ccc(Cl)cc3)CC2)cc1. The zero-order valence-electron chi connectivity index (χ0n) is 16.8. The molecule has 0 saturated carbocycles. The van der Waals surface area contributed by atoms with Crippen molar-refractivity contribution in [2.24, 2.45) is 0 Å². The molecule has 1 saturated heterocycles. The third kappa shape index (κ3) is 5.16. The molecule has 0 radical (unpaired) electrons. The molecule has 3 aromatic rings. The van der Waals surface area contributed by atoms with E-state index in [1.807, 2.05) is 48.2 Å². The van der Waals surface area contributed by atoms with Gasteiger partial charge in [-0.1, -0.05) is 23.7 Å². The molecule has 1 aliphatic heterocycles. The van der Waals surface area contributed by atoms with E-state index < -0.39 is 0 Å². The molecular formula is C22H23ClN4O2S. The van der Waals surface area contributed by atoms with Gasteiger partial charge in [0.2, 0.25) is 0 Å². The van der Waals surface area contributed by atoms with Crippen LogP contribution in [-0.4, -0.2) is 50.6 Å². The van der Waals surface area contributed by atoms with Crippen LogP contribution >= 0.6 is 23.3 Å². The molecule has 0 bridgehead atoms. The summed E-state index contributed by atoms with van der Waals surface area (Å²) in [4.78, 5) is 17.1. The highest BCUT2D eigenvalue weighted by molar-refractivity contribution is 6.99. The van der Waals surface area contributed by atoms with Gasteiger partial charge in [0, 0.05) is 43.3 Å². The van der Waals surface area contributed by atoms with Gasteiger partial charge in [-0.05, 0) is 48.9 Å². The van der Waals surface area contributed by atoms with Gasteiger partial charge < -0.3 is 9.64 Å². The Kier molecular flexibility index (Phi) is 6.62. The maximum atomic E-state index is 12.8. The first kappa shape index (κ1) is 20.8. The van der Waals surface area contributed by atoms with E-state index in [-0.39, 0.29) is 5.91 Å². The van der Waals surface area contributed by atoms with Crippen molar-refractivity contribution in [3.05, 3.63) is 76.1 Å². The first-order valence-corrected chi connectivity index (χ1v) is 11.0. The van der Waals surface area contributed by atoms with Gasteiger partial charge in [0.15, 0.2) is 0 Å². The zero-order chi connectivity index (χ0) is 20.9. The van der Waals surface area contributed by atoms with Crippen LogP contribution in [0.15, 0.2) is 48.5 Å². The molecule has 2 heterocycles. The van der Waals surface area contributed by atoms with E-state index in [4.69, 9.17) is 16.3 Å². The van der Waals surface area contributed by atoms with Crippen LogP contribution in [0.4, 0.5) is 0 Å². The summed E-state index contributed by atoms with van der Waals surface area (Å²) in [7, 11) is 0. The number of aryl methyl sites for hydroxylation is 1. The van der Waals surface area contributed by atoms with Crippen LogP contribution in [0.1, 0.15) is 27.3 Å². The second-order valence-electron chi connectivity index (χ2n) is 7.30. The van der Waals surface area contributed by atoms with Gasteiger partial charge in [0.25, 0.3) is 5.91 Å². The van der Waals surface area contributed by atoms with Crippen LogP contribution in [0, 0.1) is 6.92 Å². The molecule has 30 heavy (non-hydrogen) atoms. The number of rotatable bonds is 6. The van der Waals surface area contributed by atoms with E-state index in [1.54, 1.807) is 0 Å². The summed E-state index contributed by atoms with van der Waals surface area (Å²) in [6, 6.07) is 15.2. The lowest BCUT2D eigenvalue weighted by molar-refractivity contribution is 0.0628. The van der Waals surface area contributed by atoms with Gasteiger partial charge >= 0.3 is 0 Å². The summed E-state index contributed by atoms with van der Waals surface area (Å²) in [5, 5.41) is 0.751. The fourth-order valence-corrected chi connectivity index (χ4v) is 4.04. The Morgan fingerprint density at radius 2 is 1.73 bits per heavy atom. The van der Waals surface area contributed by atoms with Crippen LogP contribution < -0.4 is 4.74 Å². The van der Waals surface area contributed by atoms with Gasteiger partial charge in [0.05, 0.1) is 17.4 Å². The molecule has 0 spiro atoms. The van der Waals surface area contributed by atoms with Crippen LogP contribution in [0.25, 0.3) is 0 Å². The molecule has 0 unspecified atom stereocenters. The van der Waals surface area contributed by atoms with Crippen molar-refractivity contribution in [1.82, 2.24) is 18.5 Å². The van der Waals surface area contributed by atoms with Crippen molar-refractivity contribution >= 4 is 29.2 Å². The molecule has 0 N–H and O–H groups in total. The van der Waals surface area contributed by atoms with Gasteiger partial charge in [-0.2, -0.15) is 8.75 Å². The summed E-state index contributed by atoms with van der Waals surface area (Å²) in [5.74, 6) is 0.777. The largest absolute Gasteiger partial charge is 0.487 e. The predicted octanol–water partition coefficient (Wildman–Crippen LogP) is 4.04. The Bertz CT molecular complexity index is 983. The van der Waals surface area contributed by atoms with E-state index in [9.17, 15) is 4.79 Å². The first-order valence-electron chi connectivity index (χ1n) is 9.85. The van der Waals surface area contributed by atoms with Crippen molar-refractivity contribution in [1.29, 1.82) is 0 Å². The highest BCUT2D eigenvalue weighted by Crippen LogP contribution is 2.18. The van der Waals surface area contributed by atoms with Crippen molar-refractivity contribution < 1.29 is 9.53 Å². The number of benzene rings is 2. The number of carbonyl (C=O) groups is 1. The highest BCUT2D eigenvalue weighted by atomic mass is 35.5. The molecule has 0 aliphatic carbocycles. The number of nitrogens with zero attached hydrogens (tertiary/aromatic N) is 4. The Morgan fingerprint density at radius 1 is 1.03 bits per heavy atom. The number of halogens is 1. The van der Waals surface area contributed by atoms with Crippen molar-refractivity contribution in [2.75, 3.05) is 26.2 Å². The van der Waals surface area contributed by atoms with Gasteiger partial charge in [-0.15, -0.1) is 0 Å². The minimum Gasteiger partial charge on any atom is -0.487 e. The molecule has 4 rings (SSSR count). The third-order valence-electron chi connectivity index (χ3n) is 5.20. The molecule has 6 nitrogen and oxygen atoms in total. The maximum Gasteiger partial charge on any atom is 0.253 e. The Morgan fingerprint density at radius 3 is 2.37 bits per heavy atom. The number of piperazine rings is 1. The van der Waals surface area contributed by atoms with Crippen molar-refractivity contribution in [3.63, 3.8) is 0 Å². The lowest BCUT2D eigenvalue weighted by Gasteiger charge is -2.34. The number of carbonyl (C=O) groups excluding carboxylic acids is 1. The number of amides is 1. The summed E-state index contributed by atoms with van der Waals surface area (Å²) < 4.78 is 14.1. The molecule has 0 atom stereocenters. The number of ether oxygens (including phenoxy) is 1. The van der Waals surface area contributed by atoms with Crippen molar-refractivity contribution in [2.45, 2.75) is 20.1 Å². The van der Waals surface area contributed by atoms with Crippen LogP contribution in [0.2, 0.25) is 5.02 Å². The Labute approximate surface area is 185 Å². The third-order valence-corrected chi connectivity index (χ3v) is 6.11. The van der Waals surface area contributed by atoms with Crippen LogP contribution in [0.5, 0.6) is 5.75 Å². The first-order chi connectivity index (χ1) is 14.6. The monoisotopic (exact) mass is 442 g/mol. The Balaban J connectivity index is 1.27. The molecule has 1 fully saturated rings. The fourth-order valence-electron chi connectivity index (χ4n) is 3.37. The van der Waals surface area contributed by atoms with E-state index in [1.165, 1.54) is 17.3 Å². The minimum absolute atomic E-state index is 0.0623. The molecule has 156 valence electrons. The molecule has 1 amide bonds. The van der Waals surface area contributed by atoms with Crippen LogP contribution in [0.3, 0.4) is 0 Å². The van der Waals surface area contributed by atoms with E-state index >= 15 is 0 Å². The summed E-state index contributed by atoms with van der Waals surface area (Å²) >= 11 is 7.14. The molecular weight excluding hydrogens is 420 g/mol. The summed E-state index contributed by atoms with van der Waals surface area (Å²) in [6.45, 7) is 6.33. The maximum absolute atomic E-state index is 12.8. The summed E-state index contributed by atoms with van der Waals surface area (Å²) in [5.41, 5.74) is 3.65. The topological polar surface area (TPSA) is 58.6 Å². The van der Waals surface area contributed by atoms with E-state index in [0.29, 0.717) is 17.9 Å². The van der Waals surface area contributed by atoms with Gasteiger partial charge in [-0.3, -0.25) is 9.69 Å². The molecule has 2 aromatic carbocycles. The molecule has 8 heteroatoms. The van der Waals surface area contributed by atoms with Gasteiger partial charge in [0.1, 0.15) is 18.1 Å². The second-order valence-corrected chi connectivity index (χ2v) is 8.27. The smallest absolute Gasteiger partial charge is 0.253 e. The van der Waals surface area contributed by atoms with Gasteiger partial charge in [-0.25, -0.2) is 0 Å². The quantitative estimate of drug-likeness (QED) is 0.576. The normalized spacial score (nSPS) is 14.7. The number of aromatic nitrogens is 2. The van der Waals surface area contributed by atoms with E-state index in [0.717, 1.165) is 49.1 Å². The Hall–Kier alpha value is -2.48. The molecule has 1 aromatic heterocycles. The standard InChI is InChI=1S/C22H23ClN4O2S/c1-16-21(25-30-24-16)15-29-20-8-4-18(5-9-20)22(28)27-12-10-26(11-13-27)14-17-2-6-19(23)7-3-17/h2-9H,10-15H2,1H3.